The van der Waals surface area contributed by atoms with Crippen molar-refractivity contribution in [2.24, 2.45) is 0 Å². The molecule has 0 saturated carbocycles. The second-order valence-corrected chi connectivity index (χ2v) is 5.81. The lowest BCUT2D eigenvalue weighted by Gasteiger charge is -2.36. The second kappa shape index (κ2) is 6.18. The monoisotopic (exact) mass is 296 g/mol. The number of aromatic nitrogens is 1. The van der Waals surface area contributed by atoms with Crippen LogP contribution in [0.15, 0.2) is 47.4 Å². The van der Waals surface area contributed by atoms with Crippen molar-refractivity contribution in [3.63, 3.8) is 0 Å². The van der Waals surface area contributed by atoms with Crippen LogP contribution in [-0.2, 0) is 0 Å². The first-order valence-electron chi connectivity index (χ1n) is 7.72. The van der Waals surface area contributed by atoms with E-state index in [4.69, 9.17) is 0 Å². The zero-order chi connectivity index (χ0) is 15.5. The lowest BCUT2D eigenvalue weighted by molar-refractivity contribution is 0.0610. The number of nitrogens with one attached hydrogen (secondary N) is 1. The third-order valence-corrected chi connectivity index (χ3v) is 4.32. The minimum atomic E-state index is -0.0991. The summed E-state index contributed by atoms with van der Waals surface area (Å²) in [6.07, 6.45) is 4.82. The van der Waals surface area contributed by atoms with Gasteiger partial charge in [0, 0.05) is 24.4 Å². The van der Waals surface area contributed by atoms with Crippen LogP contribution in [0.5, 0.6) is 0 Å². The maximum absolute atomic E-state index is 12.8. The SMILES string of the molecule is Cc1cc(=O)[nH]cc1C1CCCCN1C(=O)c1ccccc1. The molecular weight excluding hydrogens is 276 g/mol. The normalized spacial score (nSPS) is 18.2. The largest absolute Gasteiger partial charge is 0.332 e. The van der Waals surface area contributed by atoms with Crippen LogP contribution in [0.1, 0.15) is 46.8 Å². The maximum Gasteiger partial charge on any atom is 0.254 e. The van der Waals surface area contributed by atoms with Crippen molar-refractivity contribution >= 4 is 5.91 Å². The van der Waals surface area contributed by atoms with Crippen molar-refractivity contribution in [2.45, 2.75) is 32.2 Å². The number of H-pyrrole nitrogens is 1. The topological polar surface area (TPSA) is 53.2 Å². The number of hydrogen-bond donors (Lipinski definition) is 1. The van der Waals surface area contributed by atoms with E-state index in [0.717, 1.165) is 42.5 Å². The Morgan fingerprint density at radius 1 is 1.23 bits per heavy atom. The molecule has 0 aliphatic carbocycles. The molecule has 2 aromatic rings. The quantitative estimate of drug-likeness (QED) is 0.926. The van der Waals surface area contributed by atoms with Gasteiger partial charge in [0.15, 0.2) is 0 Å². The highest BCUT2D eigenvalue weighted by atomic mass is 16.2. The van der Waals surface area contributed by atoms with E-state index in [9.17, 15) is 9.59 Å². The molecule has 0 radical (unpaired) electrons. The fourth-order valence-electron chi connectivity index (χ4n) is 3.19. The van der Waals surface area contributed by atoms with Crippen molar-refractivity contribution in [3.05, 3.63) is 69.6 Å². The van der Waals surface area contributed by atoms with Crippen LogP contribution in [0, 0.1) is 6.92 Å². The molecule has 1 N–H and O–H groups in total. The van der Waals surface area contributed by atoms with Crippen LogP contribution in [0.25, 0.3) is 0 Å². The molecular formula is C18H20N2O2. The maximum atomic E-state index is 12.8. The number of amides is 1. The van der Waals surface area contributed by atoms with Gasteiger partial charge in [0.1, 0.15) is 0 Å². The van der Waals surface area contributed by atoms with Gasteiger partial charge in [-0.25, -0.2) is 0 Å². The molecule has 1 unspecified atom stereocenters. The van der Waals surface area contributed by atoms with E-state index in [2.05, 4.69) is 4.98 Å². The number of hydrogen-bond acceptors (Lipinski definition) is 2. The van der Waals surface area contributed by atoms with Crippen LogP contribution >= 0.6 is 0 Å². The molecule has 1 aliphatic heterocycles. The van der Waals surface area contributed by atoms with Crippen LogP contribution in [0.4, 0.5) is 0 Å². The number of benzene rings is 1. The fraction of sp³-hybridized carbons (Fsp3) is 0.333. The number of aromatic amines is 1. The van der Waals surface area contributed by atoms with Gasteiger partial charge in [0.25, 0.3) is 5.91 Å². The van der Waals surface area contributed by atoms with Crippen LogP contribution in [0.3, 0.4) is 0 Å². The number of likely N-dealkylation sites (tertiary alicyclic amines) is 1. The third-order valence-electron chi connectivity index (χ3n) is 4.32. The number of piperidine rings is 1. The second-order valence-electron chi connectivity index (χ2n) is 5.81. The van der Waals surface area contributed by atoms with Crippen molar-refractivity contribution in [2.75, 3.05) is 6.54 Å². The first kappa shape index (κ1) is 14.6. The first-order valence-corrected chi connectivity index (χ1v) is 7.72. The Balaban J connectivity index is 1.94. The molecule has 3 rings (SSSR count). The van der Waals surface area contributed by atoms with E-state index in [0.29, 0.717) is 0 Å². The zero-order valence-corrected chi connectivity index (χ0v) is 12.7. The number of pyridine rings is 1. The third kappa shape index (κ3) is 2.82. The molecule has 0 spiro atoms. The Kier molecular flexibility index (Phi) is 4.09. The van der Waals surface area contributed by atoms with E-state index in [1.807, 2.05) is 42.2 Å². The van der Waals surface area contributed by atoms with Gasteiger partial charge in [-0.1, -0.05) is 18.2 Å². The summed E-state index contributed by atoms with van der Waals surface area (Å²) in [4.78, 5) is 28.9. The number of aryl methyl sites for hydroxylation is 1. The zero-order valence-electron chi connectivity index (χ0n) is 12.7. The van der Waals surface area contributed by atoms with Gasteiger partial charge in [-0.2, -0.15) is 0 Å². The predicted octanol–water partition coefficient (Wildman–Crippen LogP) is 3.05. The smallest absolute Gasteiger partial charge is 0.254 e. The molecule has 1 atom stereocenters. The molecule has 1 aliphatic rings. The molecule has 1 amide bonds. The molecule has 22 heavy (non-hydrogen) atoms. The summed E-state index contributed by atoms with van der Waals surface area (Å²) < 4.78 is 0. The Bertz CT molecular complexity index is 721. The van der Waals surface area contributed by atoms with E-state index < -0.39 is 0 Å². The van der Waals surface area contributed by atoms with Crippen molar-refractivity contribution in [1.82, 2.24) is 9.88 Å². The minimum absolute atomic E-state index is 0.0401. The van der Waals surface area contributed by atoms with Crippen molar-refractivity contribution in [3.8, 4) is 0 Å². The summed E-state index contributed by atoms with van der Waals surface area (Å²) in [5, 5.41) is 0. The van der Waals surface area contributed by atoms with Gasteiger partial charge in [-0.15, -0.1) is 0 Å². The van der Waals surface area contributed by atoms with E-state index in [-0.39, 0.29) is 17.5 Å². The number of carbonyl (C=O) groups excluding carboxylic acids is 1. The Morgan fingerprint density at radius 3 is 2.73 bits per heavy atom. The highest BCUT2D eigenvalue weighted by molar-refractivity contribution is 5.94. The average Bonchev–Trinajstić information content (AvgIpc) is 2.55. The molecule has 1 saturated heterocycles. The van der Waals surface area contributed by atoms with Crippen molar-refractivity contribution < 1.29 is 4.79 Å². The summed E-state index contributed by atoms with van der Waals surface area (Å²) in [7, 11) is 0. The molecule has 114 valence electrons. The highest BCUT2D eigenvalue weighted by Crippen LogP contribution is 2.33. The molecule has 1 aromatic carbocycles. The molecule has 1 fully saturated rings. The van der Waals surface area contributed by atoms with Crippen LogP contribution in [0.2, 0.25) is 0 Å². The summed E-state index contributed by atoms with van der Waals surface area (Å²) in [5.41, 5.74) is 2.61. The Hall–Kier alpha value is -2.36. The number of carbonyl (C=O) groups is 1. The first-order chi connectivity index (χ1) is 10.7. The van der Waals surface area contributed by atoms with E-state index in [1.54, 1.807) is 12.3 Å². The van der Waals surface area contributed by atoms with Crippen LogP contribution < -0.4 is 5.56 Å². The van der Waals surface area contributed by atoms with E-state index in [1.165, 1.54) is 0 Å². The van der Waals surface area contributed by atoms with Crippen molar-refractivity contribution in [1.29, 1.82) is 0 Å². The lowest BCUT2D eigenvalue weighted by Crippen LogP contribution is -2.39. The van der Waals surface area contributed by atoms with Gasteiger partial charge in [-0.05, 0) is 49.4 Å². The van der Waals surface area contributed by atoms with E-state index >= 15 is 0 Å². The summed E-state index contributed by atoms with van der Waals surface area (Å²) >= 11 is 0. The Morgan fingerprint density at radius 2 is 2.00 bits per heavy atom. The molecule has 1 aromatic heterocycles. The van der Waals surface area contributed by atoms with Gasteiger partial charge in [-0.3, -0.25) is 9.59 Å². The highest BCUT2D eigenvalue weighted by Gasteiger charge is 2.29. The number of rotatable bonds is 2. The molecule has 4 nitrogen and oxygen atoms in total. The van der Waals surface area contributed by atoms with Gasteiger partial charge in [0.2, 0.25) is 5.56 Å². The van der Waals surface area contributed by atoms with Gasteiger partial charge >= 0.3 is 0 Å². The summed E-state index contributed by atoms with van der Waals surface area (Å²) in [6, 6.07) is 11.0. The minimum Gasteiger partial charge on any atom is -0.332 e. The lowest BCUT2D eigenvalue weighted by atomic mass is 9.93. The Labute approximate surface area is 129 Å². The summed E-state index contributed by atoms with van der Waals surface area (Å²) in [5.74, 6) is 0.0656. The molecule has 4 heteroatoms. The summed E-state index contributed by atoms with van der Waals surface area (Å²) in [6.45, 7) is 2.70. The number of nitrogens with zero attached hydrogens (tertiary/aromatic N) is 1. The fourth-order valence-corrected chi connectivity index (χ4v) is 3.19. The van der Waals surface area contributed by atoms with Gasteiger partial charge in [0.05, 0.1) is 6.04 Å². The molecule has 2 heterocycles. The van der Waals surface area contributed by atoms with Crippen LogP contribution in [-0.4, -0.2) is 22.3 Å². The molecule has 0 bridgehead atoms. The predicted molar refractivity (Wildman–Crippen MR) is 85.9 cm³/mol. The van der Waals surface area contributed by atoms with Gasteiger partial charge < -0.3 is 9.88 Å². The average molecular weight is 296 g/mol. The standard InChI is InChI=1S/C18H20N2O2/c1-13-11-17(21)19-12-15(13)16-9-5-6-10-20(16)18(22)14-7-3-2-4-8-14/h2-4,7-8,11-12,16H,5-6,9-10H2,1H3,(H,19,21).